The van der Waals surface area contributed by atoms with Crippen molar-refractivity contribution in [3.63, 3.8) is 0 Å². The molecule has 29 heavy (non-hydrogen) atoms. The lowest BCUT2D eigenvalue weighted by Crippen LogP contribution is -2.15. The first-order chi connectivity index (χ1) is 14.0. The molecule has 150 valence electrons. The highest BCUT2D eigenvalue weighted by atomic mass is 35.5. The van der Waals surface area contributed by atoms with Crippen LogP contribution in [0.5, 0.6) is 5.75 Å². The maximum Gasteiger partial charge on any atom is 0.344 e. The second-order valence-corrected chi connectivity index (χ2v) is 6.38. The number of nitrogens with zero attached hydrogens (tertiary/aromatic N) is 3. The van der Waals surface area contributed by atoms with E-state index in [0.29, 0.717) is 22.3 Å². The van der Waals surface area contributed by atoms with Gasteiger partial charge in [-0.3, -0.25) is 4.98 Å². The van der Waals surface area contributed by atoms with Gasteiger partial charge in [-0.2, -0.15) is 0 Å². The summed E-state index contributed by atoms with van der Waals surface area (Å²) in [4.78, 5) is 24.2. The van der Waals surface area contributed by atoms with Crippen molar-refractivity contribution in [2.75, 3.05) is 18.5 Å². The number of pyridine rings is 1. The largest absolute Gasteiger partial charge is 0.478 e. The van der Waals surface area contributed by atoms with Gasteiger partial charge >= 0.3 is 5.97 Å². The predicted octanol–water partition coefficient (Wildman–Crippen LogP) is 4.33. The van der Waals surface area contributed by atoms with E-state index in [2.05, 4.69) is 20.3 Å². The summed E-state index contributed by atoms with van der Waals surface area (Å²) < 4.78 is 24.5. The maximum atomic E-state index is 14.2. The zero-order valence-electron chi connectivity index (χ0n) is 15.8. The van der Waals surface area contributed by atoms with Crippen molar-refractivity contribution in [3.8, 4) is 17.1 Å². The highest BCUT2D eigenvalue weighted by Crippen LogP contribution is 2.29. The van der Waals surface area contributed by atoms with Gasteiger partial charge in [0.25, 0.3) is 0 Å². The summed E-state index contributed by atoms with van der Waals surface area (Å²) in [6, 6.07) is 5.85. The molecule has 2 aromatic heterocycles. The molecular formula is C20H18ClFN4O3. The minimum atomic E-state index is -0.487. The van der Waals surface area contributed by atoms with Crippen molar-refractivity contribution in [3.05, 3.63) is 59.3 Å². The van der Waals surface area contributed by atoms with Gasteiger partial charge in [-0.1, -0.05) is 11.6 Å². The molecule has 0 atom stereocenters. The fourth-order valence-electron chi connectivity index (χ4n) is 2.43. The molecule has 0 unspecified atom stereocenters. The monoisotopic (exact) mass is 416 g/mol. The summed E-state index contributed by atoms with van der Waals surface area (Å²) in [5, 5.41) is 3.50. The van der Waals surface area contributed by atoms with Crippen LogP contribution in [0.15, 0.2) is 42.9 Å². The minimum Gasteiger partial charge on any atom is -0.478 e. The molecule has 0 aliphatic heterocycles. The first-order valence-electron chi connectivity index (χ1n) is 8.76. The Morgan fingerprint density at radius 1 is 1.28 bits per heavy atom. The van der Waals surface area contributed by atoms with Gasteiger partial charge < -0.3 is 14.8 Å². The Hall–Kier alpha value is -3.26. The highest BCUT2D eigenvalue weighted by Gasteiger charge is 2.14. The van der Waals surface area contributed by atoms with Gasteiger partial charge in [-0.15, -0.1) is 0 Å². The molecule has 7 nitrogen and oxygen atoms in total. The van der Waals surface area contributed by atoms with Gasteiger partial charge in [0.2, 0.25) is 0 Å². The number of aromatic nitrogens is 3. The number of ether oxygens (including phenoxy) is 2. The van der Waals surface area contributed by atoms with Crippen LogP contribution in [0.4, 0.5) is 15.9 Å². The number of rotatable bonds is 7. The summed E-state index contributed by atoms with van der Waals surface area (Å²) >= 11 is 5.97. The number of carbonyl (C=O) groups excluding carboxylic acids is 1. The Labute approximate surface area is 171 Å². The number of esters is 1. The van der Waals surface area contributed by atoms with Gasteiger partial charge in [-0.25, -0.2) is 19.2 Å². The average Bonchev–Trinajstić information content (AvgIpc) is 2.71. The van der Waals surface area contributed by atoms with E-state index in [0.717, 1.165) is 5.56 Å². The second-order valence-electron chi connectivity index (χ2n) is 5.94. The molecule has 0 saturated heterocycles. The third-order valence-electron chi connectivity index (χ3n) is 3.83. The van der Waals surface area contributed by atoms with E-state index in [-0.39, 0.29) is 24.6 Å². The van der Waals surface area contributed by atoms with Crippen molar-refractivity contribution >= 4 is 29.1 Å². The summed E-state index contributed by atoms with van der Waals surface area (Å²) in [6.07, 6.45) is 4.61. The van der Waals surface area contributed by atoms with E-state index in [4.69, 9.17) is 21.1 Å². The quantitative estimate of drug-likeness (QED) is 0.574. The Kier molecular flexibility index (Phi) is 6.56. The van der Waals surface area contributed by atoms with Crippen LogP contribution in [-0.2, 0) is 9.53 Å². The molecule has 0 aliphatic carbocycles. The topological polar surface area (TPSA) is 86.2 Å². The molecule has 9 heteroatoms. The molecule has 0 radical (unpaired) electrons. The van der Waals surface area contributed by atoms with Gasteiger partial charge in [0, 0.05) is 23.0 Å². The van der Waals surface area contributed by atoms with Crippen molar-refractivity contribution in [1.29, 1.82) is 0 Å². The van der Waals surface area contributed by atoms with Gasteiger partial charge in [0.05, 0.1) is 24.1 Å². The van der Waals surface area contributed by atoms with Gasteiger partial charge in [0.15, 0.2) is 18.2 Å². The van der Waals surface area contributed by atoms with E-state index in [1.807, 2.05) is 0 Å². The Morgan fingerprint density at radius 3 is 2.90 bits per heavy atom. The number of benzene rings is 1. The smallest absolute Gasteiger partial charge is 0.344 e. The van der Waals surface area contributed by atoms with Crippen LogP contribution in [0.25, 0.3) is 11.4 Å². The van der Waals surface area contributed by atoms with E-state index < -0.39 is 11.8 Å². The number of hydrogen-bond donors (Lipinski definition) is 1. The number of hydrogen-bond acceptors (Lipinski definition) is 7. The molecule has 0 amide bonds. The summed E-state index contributed by atoms with van der Waals surface area (Å²) in [7, 11) is 0. The fraction of sp³-hybridized carbons (Fsp3) is 0.200. The predicted molar refractivity (Wildman–Crippen MR) is 107 cm³/mol. The lowest BCUT2D eigenvalue weighted by atomic mass is 10.2. The van der Waals surface area contributed by atoms with Crippen molar-refractivity contribution in [2.24, 2.45) is 0 Å². The molecule has 3 rings (SSSR count). The van der Waals surface area contributed by atoms with E-state index in [1.165, 1.54) is 24.4 Å². The third-order valence-corrected chi connectivity index (χ3v) is 4.06. The molecule has 1 aromatic carbocycles. The van der Waals surface area contributed by atoms with Crippen LogP contribution in [0.1, 0.15) is 12.5 Å². The molecule has 0 saturated carbocycles. The summed E-state index contributed by atoms with van der Waals surface area (Å²) in [6.45, 7) is 3.53. The summed E-state index contributed by atoms with van der Waals surface area (Å²) in [5.41, 5.74) is 1.45. The molecular weight excluding hydrogens is 399 g/mol. The highest BCUT2D eigenvalue weighted by molar-refractivity contribution is 6.30. The molecule has 0 aliphatic rings. The lowest BCUT2D eigenvalue weighted by molar-refractivity contribution is -0.145. The number of halogens is 2. The van der Waals surface area contributed by atoms with Gasteiger partial charge in [0.1, 0.15) is 11.6 Å². The Balaban J connectivity index is 1.87. The van der Waals surface area contributed by atoms with Crippen LogP contribution in [0, 0.1) is 12.7 Å². The van der Waals surface area contributed by atoms with Crippen LogP contribution >= 0.6 is 11.6 Å². The number of nitrogens with one attached hydrogen (secondary N) is 1. The SMILES string of the molecule is CCOC(=O)COc1cnccc1Nc1nc(-c2cc(Cl)ccc2F)ncc1C. The van der Waals surface area contributed by atoms with Crippen molar-refractivity contribution < 1.29 is 18.7 Å². The van der Waals surface area contributed by atoms with Crippen molar-refractivity contribution in [1.82, 2.24) is 15.0 Å². The Bertz CT molecular complexity index is 1030. The zero-order valence-corrected chi connectivity index (χ0v) is 16.5. The molecule has 0 spiro atoms. The standard InChI is InChI=1S/C20H18ClFN4O3/c1-3-28-18(27)11-29-17-10-23-7-6-16(17)25-19-12(2)9-24-20(26-19)14-8-13(21)4-5-15(14)22/h4-10H,3,11H2,1-2H3,(H,23,24,25,26). The number of carbonyl (C=O) groups is 1. The normalized spacial score (nSPS) is 10.5. The first-order valence-corrected chi connectivity index (χ1v) is 9.14. The number of aryl methyl sites for hydroxylation is 1. The van der Waals surface area contributed by atoms with Crippen LogP contribution in [0.3, 0.4) is 0 Å². The molecule has 0 bridgehead atoms. The maximum absolute atomic E-state index is 14.2. The van der Waals surface area contributed by atoms with Crippen molar-refractivity contribution in [2.45, 2.75) is 13.8 Å². The van der Waals surface area contributed by atoms with Crippen LogP contribution < -0.4 is 10.1 Å². The minimum absolute atomic E-state index is 0.182. The lowest BCUT2D eigenvalue weighted by Gasteiger charge is -2.14. The van der Waals surface area contributed by atoms with Crippen LogP contribution in [0.2, 0.25) is 5.02 Å². The molecule has 3 aromatic rings. The van der Waals surface area contributed by atoms with E-state index in [1.54, 1.807) is 32.3 Å². The fourth-order valence-corrected chi connectivity index (χ4v) is 2.60. The van der Waals surface area contributed by atoms with E-state index in [9.17, 15) is 9.18 Å². The average molecular weight is 417 g/mol. The molecule has 0 fully saturated rings. The molecule has 1 N–H and O–H groups in total. The van der Waals surface area contributed by atoms with Crippen LogP contribution in [-0.4, -0.2) is 34.1 Å². The second kappa shape index (κ2) is 9.29. The van der Waals surface area contributed by atoms with Gasteiger partial charge in [-0.05, 0) is 38.1 Å². The summed E-state index contributed by atoms with van der Waals surface area (Å²) in [5.74, 6) is 0.00238. The zero-order chi connectivity index (χ0) is 20.8. The van der Waals surface area contributed by atoms with E-state index >= 15 is 0 Å². The Morgan fingerprint density at radius 2 is 2.10 bits per heavy atom. The third kappa shape index (κ3) is 5.17. The molecule has 2 heterocycles. The first kappa shape index (κ1) is 20.5. The number of anilines is 2.